The van der Waals surface area contributed by atoms with Crippen molar-refractivity contribution in [3.05, 3.63) is 42.0 Å². The quantitative estimate of drug-likeness (QED) is 0.606. The van der Waals surface area contributed by atoms with Crippen LogP contribution < -0.4 is 0 Å². The van der Waals surface area contributed by atoms with Crippen LogP contribution in [0.15, 0.2) is 30.8 Å². The summed E-state index contributed by atoms with van der Waals surface area (Å²) in [4.78, 5) is 0. The molecule has 0 bridgehead atoms. The zero-order chi connectivity index (χ0) is 13.8. The van der Waals surface area contributed by atoms with E-state index in [1.165, 1.54) is 24.8 Å². The molecular weight excluding hydrogens is 236 g/mol. The van der Waals surface area contributed by atoms with Crippen molar-refractivity contribution in [2.75, 3.05) is 13.2 Å². The Bertz CT molecular complexity index is 330. The van der Waals surface area contributed by atoms with E-state index in [1.54, 1.807) is 0 Å². The van der Waals surface area contributed by atoms with Crippen LogP contribution in [0.2, 0.25) is 0 Å². The van der Waals surface area contributed by atoms with Gasteiger partial charge in [-0.05, 0) is 24.0 Å². The standard InChI is InChI=1S/C17H26O2/c1-2-16-9-11-17(12-10-16)15-19-14-8-6-4-3-5-7-13-18/h2,9-12,18H,1,3-8,13-15H2. The zero-order valence-electron chi connectivity index (χ0n) is 11.8. The Balaban J connectivity index is 1.96. The fraction of sp³-hybridized carbons (Fsp3) is 0.529. The van der Waals surface area contributed by atoms with Crippen molar-refractivity contribution in [3.63, 3.8) is 0 Å². The van der Waals surface area contributed by atoms with Crippen LogP contribution in [0, 0.1) is 0 Å². The van der Waals surface area contributed by atoms with Crippen molar-refractivity contribution in [2.45, 2.75) is 45.1 Å². The lowest BCUT2D eigenvalue weighted by Gasteiger charge is -2.05. The molecule has 1 N–H and O–H groups in total. The van der Waals surface area contributed by atoms with Gasteiger partial charge in [-0.25, -0.2) is 0 Å². The van der Waals surface area contributed by atoms with E-state index in [0.717, 1.165) is 31.4 Å². The highest BCUT2D eigenvalue weighted by Crippen LogP contribution is 2.08. The molecule has 1 aromatic rings. The average Bonchev–Trinajstić information content (AvgIpc) is 2.46. The monoisotopic (exact) mass is 262 g/mol. The Morgan fingerprint density at radius 3 is 2.21 bits per heavy atom. The van der Waals surface area contributed by atoms with Crippen molar-refractivity contribution in [2.24, 2.45) is 0 Å². The molecule has 19 heavy (non-hydrogen) atoms. The number of aliphatic hydroxyl groups excluding tert-OH is 1. The first-order chi connectivity index (χ1) is 9.36. The molecule has 0 amide bonds. The molecule has 0 aromatic heterocycles. The van der Waals surface area contributed by atoms with Crippen molar-refractivity contribution in [3.8, 4) is 0 Å². The normalized spacial score (nSPS) is 10.6. The van der Waals surface area contributed by atoms with E-state index in [0.29, 0.717) is 13.2 Å². The Kier molecular flexibility index (Phi) is 9.03. The van der Waals surface area contributed by atoms with E-state index in [4.69, 9.17) is 9.84 Å². The van der Waals surface area contributed by atoms with Crippen LogP contribution in [-0.2, 0) is 11.3 Å². The zero-order valence-corrected chi connectivity index (χ0v) is 11.8. The summed E-state index contributed by atoms with van der Waals surface area (Å²) in [5.74, 6) is 0. The van der Waals surface area contributed by atoms with Gasteiger partial charge in [-0.15, -0.1) is 0 Å². The number of hydrogen-bond acceptors (Lipinski definition) is 2. The lowest BCUT2D eigenvalue weighted by atomic mass is 10.1. The maximum absolute atomic E-state index is 8.65. The summed E-state index contributed by atoms with van der Waals surface area (Å²) in [5.41, 5.74) is 2.36. The molecule has 2 heteroatoms. The van der Waals surface area contributed by atoms with Gasteiger partial charge in [0.1, 0.15) is 0 Å². The molecule has 106 valence electrons. The van der Waals surface area contributed by atoms with E-state index < -0.39 is 0 Å². The van der Waals surface area contributed by atoms with Gasteiger partial charge >= 0.3 is 0 Å². The second-order valence-corrected chi connectivity index (χ2v) is 4.84. The highest BCUT2D eigenvalue weighted by molar-refractivity contribution is 5.47. The molecule has 0 saturated heterocycles. The smallest absolute Gasteiger partial charge is 0.0716 e. The predicted molar refractivity (Wildman–Crippen MR) is 81.0 cm³/mol. The van der Waals surface area contributed by atoms with Crippen LogP contribution in [0.1, 0.15) is 49.7 Å². The molecule has 1 aromatic carbocycles. The molecular formula is C17H26O2. The topological polar surface area (TPSA) is 29.5 Å². The van der Waals surface area contributed by atoms with E-state index in [1.807, 2.05) is 6.08 Å². The Hall–Kier alpha value is -1.12. The van der Waals surface area contributed by atoms with Gasteiger partial charge in [0.2, 0.25) is 0 Å². The summed E-state index contributed by atoms with van der Waals surface area (Å²) in [5, 5.41) is 8.65. The first-order valence-electron chi connectivity index (χ1n) is 7.27. The molecule has 0 unspecified atom stereocenters. The molecule has 0 atom stereocenters. The number of aliphatic hydroxyl groups is 1. The van der Waals surface area contributed by atoms with Crippen molar-refractivity contribution in [1.29, 1.82) is 0 Å². The Labute approximate surface area is 117 Å². The molecule has 2 nitrogen and oxygen atoms in total. The van der Waals surface area contributed by atoms with Gasteiger partial charge in [0.05, 0.1) is 6.61 Å². The van der Waals surface area contributed by atoms with Gasteiger partial charge in [0.25, 0.3) is 0 Å². The Morgan fingerprint density at radius 2 is 1.58 bits per heavy atom. The maximum Gasteiger partial charge on any atom is 0.0716 e. The number of rotatable bonds is 11. The lowest BCUT2D eigenvalue weighted by Crippen LogP contribution is -1.95. The minimum Gasteiger partial charge on any atom is -0.396 e. The Morgan fingerprint density at radius 1 is 0.947 bits per heavy atom. The van der Waals surface area contributed by atoms with E-state index in [9.17, 15) is 0 Å². The fourth-order valence-electron chi connectivity index (χ4n) is 1.96. The van der Waals surface area contributed by atoms with Crippen molar-refractivity contribution < 1.29 is 9.84 Å². The van der Waals surface area contributed by atoms with Gasteiger partial charge in [-0.2, -0.15) is 0 Å². The number of unbranched alkanes of at least 4 members (excludes halogenated alkanes) is 5. The van der Waals surface area contributed by atoms with Gasteiger partial charge in [0.15, 0.2) is 0 Å². The van der Waals surface area contributed by atoms with E-state index in [2.05, 4.69) is 30.8 Å². The molecule has 0 radical (unpaired) electrons. The number of hydrogen-bond donors (Lipinski definition) is 1. The molecule has 0 fully saturated rings. The molecule has 0 aliphatic rings. The highest BCUT2D eigenvalue weighted by atomic mass is 16.5. The number of ether oxygens (including phenoxy) is 1. The highest BCUT2D eigenvalue weighted by Gasteiger charge is 1.94. The first-order valence-corrected chi connectivity index (χ1v) is 7.27. The maximum atomic E-state index is 8.65. The minimum atomic E-state index is 0.327. The average molecular weight is 262 g/mol. The van der Waals surface area contributed by atoms with Crippen molar-refractivity contribution >= 4 is 6.08 Å². The predicted octanol–water partition coefficient (Wildman–Crippen LogP) is 4.18. The molecule has 0 spiro atoms. The van der Waals surface area contributed by atoms with Gasteiger partial charge in [0, 0.05) is 13.2 Å². The van der Waals surface area contributed by atoms with Crippen LogP contribution >= 0.6 is 0 Å². The lowest BCUT2D eigenvalue weighted by molar-refractivity contribution is 0.116. The first kappa shape index (κ1) is 15.9. The number of benzene rings is 1. The van der Waals surface area contributed by atoms with Crippen LogP contribution in [0.25, 0.3) is 6.08 Å². The van der Waals surface area contributed by atoms with Gasteiger partial charge in [-0.3, -0.25) is 0 Å². The largest absolute Gasteiger partial charge is 0.396 e. The molecule has 0 aliphatic carbocycles. The summed E-state index contributed by atoms with van der Waals surface area (Å²) >= 11 is 0. The third kappa shape index (κ3) is 7.81. The fourth-order valence-corrected chi connectivity index (χ4v) is 1.96. The minimum absolute atomic E-state index is 0.327. The van der Waals surface area contributed by atoms with E-state index >= 15 is 0 Å². The molecule has 0 saturated carbocycles. The van der Waals surface area contributed by atoms with Gasteiger partial charge in [-0.1, -0.05) is 62.6 Å². The summed E-state index contributed by atoms with van der Waals surface area (Å²) in [6.07, 6.45) is 8.76. The summed E-state index contributed by atoms with van der Waals surface area (Å²) in [6, 6.07) is 8.30. The summed E-state index contributed by atoms with van der Waals surface area (Å²) < 4.78 is 5.66. The third-order valence-corrected chi connectivity index (χ3v) is 3.18. The molecule has 0 aliphatic heterocycles. The summed E-state index contributed by atoms with van der Waals surface area (Å²) in [7, 11) is 0. The van der Waals surface area contributed by atoms with Crippen molar-refractivity contribution in [1.82, 2.24) is 0 Å². The van der Waals surface area contributed by atoms with Crippen LogP contribution in [-0.4, -0.2) is 18.3 Å². The van der Waals surface area contributed by atoms with Crippen LogP contribution in [0.5, 0.6) is 0 Å². The second-order valence-electron chi connectivity index (χ2n) is 4.84. The summed E-state index contributed by atoms with van der Waals surface area (Å²) in [6.45, 7) is 5.60. The molecule has 0 heterocycles. The second kappa shape index (κ2) is 10.8. The molecule has 1 rings (SSSR count). The van der Waals surface area contributed by atoms with Crippen LogP contribution in [0.3, 0.4) is 0 Å². The van der Waals surface area contributed by atoms with E-state index in [-0.39, 0.29) is 0 Å². The third-order valence-electron chi connectivity index (χ3n) is 3.18. The van der Waals surface area contributed by atoms with Gasteiger partial charge < -0.3 is 9.84 Å². The SMILES string of the molecule is C=Cc1ccc(COCCCCCCCCO)cc1. The van der Waals surface area contributed by atoms with Crippen LogP contribution in [0.4, 0.5) is 0 Å².